The van der Waals surface area contributed by atoms with Gasteiger partial charge in [-0.15, -0.1) is 0 Å². The topological polar surface area (TPSA) is 84.7 Å². The zero-order chi connectivity index (χ0) is 16.8. The van der Waals surface area contributed by atoms with E-state index in [1.807, 2.05) is 0 Å². The number of cyclic esters (lactones) is 1. The third-order valence-electron chi connectivity index (χ3n) is 3.95. The van der Waals surface area contributed by atoms with Crippen molar-refractivity contribution in [2.45, 2.75) is 30.9 Å². The second kappa shape index (κ2) is 5.08. The summed E-state index contributed by atoms with van der Waals surface area (Å²) in [6.45, 7) is 0.0654. The summed E-state index contributed by atoms with van der Waals surface area (Å²) in [5.74, 6) is -3.87. The Bertz CT molecular complexity index is 649. The number of halogens is 3. The lowest BCUT2D eigenvalue weighted by molar-refractivity contribution is -0.384. The lowest BCUT2D eigenvalue weighted by atomic mass is 10.2. The van der Waals surface area contributed by atoms with Crippen LogP contribution >= 0.6 is 0 Å². The minimum absolute atomic E-state index is 0.0340. The van der Waals surface area contributed by atoms with Crippen LogP contribution in [0.4, 0.5) is 24.5 Å². The fraction of sp³-hybridized carbons (Fsp3) is 0.462. The molecule has 2 aliphatic rings. The van der Waals surface area contributed by atoms with Crippen LogP contribution in [0, 0.1) is 10.1 Å². The average Bonchev–Trinajstić information content (AvgIpc) is 3.03. The van der Waals surface area contributed by atoms with E-state index >= 15 is 0 Å². The molecule has 7 nitrogen and oxygen atoms in total. The summed E-state index contributed by atoms with van der Waals surface area (Å²) in [5, 5.41) is 12.8. The average molecular weight is 331 g/mol. The van der Waals surface area contributed by atoms with Crippen LogP contribution in [0.25, 0.3) is 0 Å². The normalized spacial score (nSPS) is 27.6. The van der Waals surface area contributed by atoms with E-state index < -0.39 is 29.0 Å². The maximum atomic E-state index is 13.6. The van der Waals surface area contributed by atoms with Crippen LogP contribution in [-0.4, -0.2) is 40.4 Å². The van der Waals surface area contributed by atoms with Crippen LogP contribution in [0.3, 0.4) is 0 Å². The van der Waals surface area contributed by atoms with E-state index in [-0.39, 0.29) is 17.9 Å². The molecule has 3 rings (SSSR count). The highest BCUT2D eigenvalue weighted by Crippen LogP contribution is 2.46. The van der Waals surface area contributed by atoms with Crippen molar-refractivity contribution in [2.75, 3.05) is 11.9 Å². The van der Waals surface area contributed by atoms with Gasteiger partial charge in [-0.2, -0.15) is 13.2 Å². The number of nitro benzene ring substituents is 1. The maximum Gasteiger partial charge on any atom is 0.465 e. The molecule has 1 N–H and O–H groups in total. The molecule has 2 atom stereocenters. The highest BCUT2D eigenvalue weighted by atomic mass is 19.4. The molecular formula is C13H12F3N3O4. The fourth-order valence-electron chi connectivity index (χ4n) is 2.91. The smallest absolute Gasteiger partial charge is 0.414 e. The first kappa shape index (κ1) is 15.5. The molecule has 1 unspecified atom stereocenters. The van der Waals surface area contributed by atoms with Gasteiger partial charge in [0.05, 0.1) is 4.92 Å². The first-order valence-electron chi connectivity index (χ1n) is 6.83. The van der Waals surface area contributed by atoms with Crippen molar-refractivity contribution in [1.29, 1.82) is 0 Å². The van der Waals surface area contributed by atoms with Crippen molar-refractivity contribution in [3.63, 3.8) is 0 Å². The highest BCUT2D eigenvalue weighted by molar-refractivity contribution is 5.79. The van der Waals surface area contributed by atoms with E-state index in [1.165, 1.54) is 0 Å². The van der Waals surface area contributed by atoms with Crippen LogP contribution in [0.2, 0.25) is 0 Å². The first-order valence-corrected chi connectivity index (χ1v) is 6.83. The van der Waals surface area contributed by atoms with Gasteiger partial charge >= 0.3 is 18.0 Å². The van der Waals surface area contributed by atoms with Crippen LogP contribution in [0.15, 0.2) is 24.3 Å². The second-order valence-electron chi connectivity index (χ2n) is 5.34. The molecule has 2 aliphatic heterocycles. The number of esters is 1. The molecule has 0 aromatic heterocycles. The standard InChI is InChI=1S/C13H12F3N3O4/c14-12(15,16)13(18-7-1-2-10(18)11(20)23-13)17-8-3-5-9(6-4-8)19(21)22/h3-6,10,17H,1-2,7H2/t10-,13?/m1/s1. The number of alkyl halides is 3. The minimum atomic E-state index is -4.87. The van der Waals surface area contributed by atoms with E-state index in [9.17, 15) is 28.1 Å². The summed E-state index contributed by atoms with van der Waals surface area (Å²) in [6.07, 6.45) is -4.11. The number of nitrogens with zero attached hydrogens (tertiary/aromatic N) is 2. The van der Waals surface area contributed by atoms with Gasteiger partial charge in [0.15, 0.2) is 0 Å². The number of carbonyl (C=O) groups excluding carboxylic acids is 1. The molecular weight excluding hydrogens is 319 g/mol. The van der Waals surface area contributed by atoms with Crippen LogP contribution in [0.1, 0.15) is 12.8 Å². The molecule has 2 heterocycles. The molecule has 10 heteroatoms. The van der Waals surface area contributed by atoms with Crippen LogP contribution in [0.5, 0.6) is 0 Å². The number of non-ortho nitro benzene ring substituents is 1. The van der Waals surface area contributed by atoms with Gasteiger partial charge in [-0.05, 0) is 25.0 Å². The lowest BCUT2D eigenvalue weighted by Gasteiger charge is -2.37. The van der Waals surface area contributed by atoms with E-state index in [0.717, 1.165) is 29.2 Å². The van der Waals surface area contributed by atoms with Gasteiger partial charge in [0.2, 0.25) is 0 Å². The molecule has 1 aromatic carbocycles. The van der Waals surface area contributed by atoms with Crippen LogP contribution in [-0.2, 0) is 9.53 Å². The molecule has 2 fully saturated rings. The summed E-state index contributed by atoms with van der Waals surface area (Å²) in [7, 11) is 0. The zero-order valence-corrected chi connectivity index (χ0v) is 11.7. The van der Waals surface area contributed by atoms with Gasteiger partial charge in [0, 0.05) is 24.4 Å². The fourth-order valence-corrected chi connectivity index (χ4v) is 2.91. The highest BCUT2D eigenvalue weighted by Gasteiger charge is 2.70. The van der Waals surface area contributed by atoms with Crippen molar-refractivity contribution in [1.82, 2.24) is 4.90 Å². The Morgan fingerprint density at radius 3 is 2.57 bits per heavy atom. The molecule has 23 heavy (non-hydrogen) atoms. The number of hydrogen-bond acceptors (Lipinski definition) is 6. The molecule has 0 bridgehead atoms. The molecule has 0 saturated carbocycles. The molecule has 124 valence electrons. The van der Waals surface area contributed by atoms with E-state index in [2.05, 4.69) is 10.1 Å². The summed E-state index contributed by atoms with van der Waals surface area (Å²) in [5.41, 5.74) is -0.285. The Balaban J connectivity index is 1.95. The Kier molecular flexibility index (Phi) is 3.43. The Morgan fingerprint density at radius 1 is 1.35 bits per heavy atom. The molecule has 0 spiro atoms. The lowest BCUT2D eigenvalue weighted by Crippen LogP contribution is -2.62. The molecule has 0 aliphatic carbocycles. The Labute approximate surface area is 128 Å². The summed E-state index contributed by atoms with van der Waals surface area (Å²) < 4.78 is 45.6. The molecule has 0 radical (unpaired) electrons. The second-order valence-corrected chi connectivity index (χ2v) is 5.34. The summed E-state index contributed by atoms with van der Waals surface area (Å²) in [6, 6.07) is 3.50. The number of benzene rings is 1. The van der Waals surface area contributed by atoms with Gasteiger partial charge in [-0.1, -0.05) is 0 Å². The number of anilines is 1. The van der Waals surface area contributed by atoms with Gasteiger partial charge < -0.3 is 10.1 Å². The van der Waals surface area contributed by atoms with E-state index in [4.69, 9.17) is 0 Å². The summed E-state index contributed by atoms with van der Waals surface area (Å²) in [4.78, 5) is 22.7. The number of nitro groups is 1. The number of fused-ring (bicyclic) bond motifs is 1. The third-order valence-corrected chi connectivity index (χ3v) is 3.95. The predicted molar refractivity (Wildman–Crippen MR) is 71.3 cm³/mol. The van der Waals surface area contributed by atoms with Gasteiger partial charge in [-0.3, -0.25) is 14.9 Å². The largest absolute Gasteiger partial charge is 0.465 e. The number of ether oxygens (including phenoxy) is 1. The van der Waals surface area contributed by atoms with E-state index in [1.54, 1.807) is 0 Å². The van der Waals surface area contributed by atoms with Crippen LogP contribution < -0.4 is 5.32 Å². The first-order chi connectivity index (χ1) is 10.7. The number of hydrogen-bond donors (Lipinski definition) is 1. The quantitative estimate of drug-likeness (QED) is 0.519. The zero-order valence-electron chi connectivity index (χ0n) is 11.7. The monoisotopic (exact) mass is 331 g/mol. The SMILES string of the molecule is O=C1OC(Nc2ccc([N+](=O)[O-])cc2)(C(F)(F)F)N2CCC[C@H]12. The van der Waals surface area contributed by atoms with Gasteiger partial charge in [0.25, 0.3) is 5.69 Å². The van der Waals surface area contributed by atoms with Crippen molar-refractivity contribution in [3.8, 4) is 0 Å². The van der Waals surface area contributed by atoms with Gasteiger partial charge in [0.1, 0.15) is 6.04 Å². The number of nitrogens with one attached hydrogen (secondary N) is 1. The summed E-state index contributed by atoms with van der Waals surface area (Å²) >= 11 is 0. The van der Waals surface area contributed by atoms with Crippen molar-refractivity contribution in [3.05, 3.63) is 34.4 Å². The van der Waals surface area contributed by atoms with Crippen molar-refractivity contribution in [2.24, 2.45) is 0 Å². The number of carbonyl (C=O) groups is 1. The molecule has 0 amide bonds. The predicted octanol–water partition coefficient (Wildman–Crippen LogP) is 2.24. The Morgan fingerprint density at radius 2 is 2.00 bits per heavy atom. The molecule has 1 aromatic rings. The maximum absolute atomic E-state index is 13.6. The third kappa shape index (κ3) is 2.38. The minimum Gasteiger partial charge on any atom is -0.414 e. The van der Waals surface area contributed by atoms with Crippen molar-refractivity contribution >= 4 is 17.3 Å². The van der Waals surface area contributed by atoms with Crippen molar-refractivity contribution < 1.29 is 27.6 Å². The van der Waals surface area contributed by atoms with E-state index in [0.29, 0.717) is 12.8 Å². The number of rotatable bonds is 3. The molecule has 2 saturated heterocycles. The Hall–Kier alpha value is -2.36. The van der Waals surface area contributed by atoms with Gasteiger partial charge in [-0.25, -0.2) is 4.90 Å².